The van der Waals surface area contributed by atoms with E-state index in [1.165, 1.54) is 12.7 Å². The Bertz CT molecular complexity index is 1080. The Morgan fingerprint density at radius 3 is 2.66 bits per heavy atom. The van der Waals surface area contributed by atoms with Crippen LogP contribution in [-0.4, -0.2) is 30.0 Å². The maximum absolute atomic E-state index is 12.4. The maximum atomic E-state index is 12.4. The number of anilines is 3. The first-order chi connectivity index (χ1) is 15.6. The first-order valence-electron chi connectivity index (χ1n) is 10.5. The normalized spacial score (nSPS) is 13.5. The van der Waals surface area contributed by atoms with E-state index in [1.807, 2.05) is 12.1 Å². The van der Waals surface area contributed by atoms with Crippen LogP contribution < -0.4 is 20.9 Å². The summed E-state index contributed by atoms with van der Waals surface area (Å²) in [5.74, 6) is 0.700. The fourth-order valence-corrected chi connectivity index (χ4v) is 3.82. The summed E-state index contributed by atoms with van der Waals surface area (Å²) in [6, 6.07) is 11.5. The Kier molecular flexibility index (Phi) is 6.91. The molecule has 3 amide bonds. The number of nitrogens with one attached hydrogen (secondary N) is 3. The van der Waals surface area contributed by atoms with E-state index in [0.717, 1.165) is 37.3 Å². The van der Waals surface area contributed by atoms with E-state index >= 15 is 0 Å². The van der Waals surface area contributed by atoms with Crippen molar-refractivity contribution in [1.82, 2.24) is 10.3 Å². The molecule has 1 aliphatic heterocycles. The van der Waals surface area contributed by atoms with Crippen molar-refractivity contribution in [3.8, 4) is 0 Å². The number of rotatable bonds is 6. The topological polar surface area (TPSA) is 99.5 Å². The number of aromatic nitrogens is 1. The summed E-state index contributed by atoms with van der Waals surface area (Å²) in [6.45, 7) is 2.32. The number of hydrogen-bond donors (Lipinski definition) is 3. The van der Waals surface area contributed by atoms with Crippen LogP contribution in [0.25, 0.3) is 0 Å². The third-order valence-electron chi connectivity index (χ3n) is 5.18. The van der Waals surface area contributed by atoms with Gasteiger partial charge in [-0.2, -0.15) is 0 Å². The SMILES string of the molecule is O=C(NCc1cccnc1N1CCCCC1)Nc1ccc(NC(=O)c2ccco2)c(Cl)c1. The average molecular weight is 454 g/mol. The number of carbonyl (C=O) groups is 2. The van der Waals surface area contributed by atoms with E-state index in [1.54, 1.807) is 36.5 Å². The fraction of sp³-hybridized carbons (Fsp3) is 0.261. The summed E-state index contributed by atoms with van der Waals surface area (Å²) in [5.41, 5.74) is 1.89. The van der Waals surface area contributed by atoms with Crippen molar-refractivity contribution >= 4 is 40.7 Å². The zero-order chi connectivity index (χ0) is 22.3. The van der Waals surface area contributed by atoms with E-state index in [9.17, 15) is 9.59 Å². The van der Waals surface area contributed by atoms with Crippen molar-refractivity contribution in [2.75, 3.05) is 28.6 Å². The van der Waals surface area contributed by atoms with Gasteiger partial charge in [-0.25, -0.2) is 9.78 Å². The lowest BCUT2D eigenvalue weighted by molar-refractivity contribution is 0.0996. The van der Waals surface area contributed by atoms with E-state index in [2.05, 4.69) is 25.8 Å². The number of urea groups is 1. The molecule has 4 rings (SSSR count). The smallest absolute Gasteiger partial charge is 0.319 e. The molecule has 1 saturated heterocycles. The second-order valence-corrected chi connectivity index (χ2v) is 7.87. The van der Waals surface area contributed by atoms with E-state index in [-0.39, 0.29) is 11.8 Å². The lowest BCUT2D eigenvalue weighted by atomic mass is 10.1. The predicted molar refractivity (Wildman–Crippen MR) is 124 cm³/mol. The fourth-order valence-electron chi connectivity index (χ4n) is 3.60. The van der Waals surface area contributed by atoms with Crippen LogP contribution in [0.1, 0.15) is 35.4 Å². The molecule has 0 radical (unpaired) electrons. The molecule has 0 spiro atoms. The lowest BCUT2D eigenvalue weighted by Gasteiger charge is -2.29. The minimum atomic E-state index is -0.406. The van der Waals surface area contributed by atoms with Crippen molar-refractivity contribution in [2.45, 2.75) is 25.8 Å². The zero-order valence-electron chi connectivity index (χ0n) is 17.4. The van der Waals surface area contributed by atoms with Crippen molar-refractivity contribution in [1.29, 1.82) is 0 Å². The summed E-state index contributed by atoms with van der Waals surface area (Å²) in [5, 5.41) is 8.60. The molecule has 1 fully saturated rings. The molecule has 0 aliphatic carbocycles. The van der Waals surface area contributed by atoms with Crippen molar-refractivity contribution < 1.29 is 14.0 Å². The number of piperidine rings is 1. The highest BCUT2D eigenvalue weighted by atomic mass is 35.5. The first-order valence-corrected chi connectivity index (χ1v) is 10.9. The van der Waals surface area contributed by atoms with Crippen molar-refractivity contribution in [3.63, 3.8) is 0 Å². The Morgan fingerprint density at radius 2 is 1.91 bits per heavy atom. The Labute approximate surface area is 191 Å². The molecule has 2 aromatic heterocycles. The first kappa shape index (κ1) is 21.7. The molecule has 166 valence electrons. The van der Waals surface area contributed by atoms with Gasteiger partial charge in [0, 0.05) is 37.1 Å². The van der Waals surface area contributed by atoms with Crippen molar-refractivity contribution in [2.24, 2.45) is 0 Å². The number of amides is 3. The van der Waals surface area contributed by atoms with Gasteiger partial charge >= 0.3 is 6.03 Å². The zero-order valence-corrected chi connectivity index (χ0v) is 18.2. The van der Waals surface area contributed by atoms with Crippen LogP contribution in [0.3, 0.4) is 0 Å². The molecule has 8 nitrogen and oxygen atoms in total. The molecular weight excluding hydrogens is 430 g/mol. The predicted octanol–water partition coefficient (Wildman–Crippen LogP) is 4.89. The van der Waals surface area contributed by atoms with Crippen LogP contribution in [-0.2, 0) is 6.54 Å². The summed E-state index contributed by atoms with van der Waals surface area (Å²) in [4.78, 5) is 31.3. The van der Waals surface area contributed by atoms with E-state index in [0.29, 0.717) is 22.9 Å². The van der Waals surface area contributed by atoms with Crippen LogP contribution in [0, 0.1) is 0 Å². The molecule has 1 aliphatic rings. The Hall–Kier alpha value is -3.52. The molecule has 9 heteroatoms. The number of carbonyl (C=O) groups excluding carboxylic acids is 2. The highest BCUT2D eigenvalue weighted by Gasteiger charge is 2.16. The number of furan rings is 1. The second-order valence-electron chi connectivity index (χ2n) is 7.47. The summed E-state index contributed by atoms with van der Waals surface area (Å²) < 4.78 is 5.07. The van der Waals surface area contributed by atoms with Gasteiger partial charge in [-0.05, 0) is 55.7 Å². The third-order valence-corrected chi connectivity index (χ3v) is 5.50. The third kappa shape index (κ3) is 5.39. The van der Waals surface area contributed by atoms with Crippen LogP contribution >= 0.6 is 11.6 Å². The van der Waals surface area contributed by atoms with Crippen LogP contribution in [0.5, 0.6) is 0 Å². The maximum Gasteiger partial charge on any atom is 0.319 e. The van der Waals surface area contributed by atoms with Gasteiger partial charge in [0.15, 0.2) is 5.76 Å². The molecule has 3 N–H and O–H groups in total. The number of benzene rings is 1. The summed E-state index contributed by atoms with van der Waals surface area (Å²) in [6.07, 6.45) is 6.75. The standard InChI is InChI=1S/C23H24ClN5O3/c24-18-14-17(8-9-19(18)28-22(30)20-7-5-13-32-20)27-23(31)26-15-16-6-4-10-25-21(16)29-11-2-1-3-12-29/h4-10,13-14H,1-3,11-12,15H2,(H,28,30)(H2,26,27,31). The van der Waals surface area contributed by atoms with Crippen LogP contribution in [0.2, 0.25) is 5.02 Å². The van der Waals surface area contributed by atoms with Gasteiger partial charge in [0.2, 0.25) is 0 Å². The highest BCUT2D eigenvalue weighted by molar-refractivity contribution is 6.34. The summed E-state index contributed by atoms with van der Waals surface area (Å²) >= 11 is 6.27. The number of nitrogens with zero attached hydrogens (tertiary/aromatic N) is 2. The molecule has 0 bridgehead atoms. The van der Waals surface area contributed by atoms with Crippen molar-refractivity contribution in [3.05, 3.63) is 71.3 Å². The van der Waals surface area contributed by atoms with E-state index in [4.69, 9.17) is 16.0 Å². The van der Waals surface area contributed by atoms with Gasteiger partial charge in [0.05, 0.1) is 17.0 Å². The van der Waals surface area contributed by atoms with Gasteiger partial charge in [0.25, 0.3) is 5.91 Å². The molecule has 0 atom stereocenters. The Balaban J connectivity index is 1.34. The Morgan fingerprint density at radius 1 is 1.06 bits per heavy atom. The minimum absolute atomic E-state index is 0.182. The quantitative estimate of drug-likeness (QED) is 0.493. The lowest BCUT2D eigenvalue weighted by Crippen LogP contribution is -2.33. The van der Waals surface area contributed by atoms with Gasteiger partial charge in [0.1, 0.15) is 5.82 Å². The molecular formula is C23H24ClN5O3. The van der Waals surface area contributed by atoms with Gasteiger partial charge in [-0.15, -0.1) is 0 Å². The molecule has 3 aromatic rings. The van der Waals surface area contributed by atoms with E-state index < -0.39 is 5.91 Å². The molecule has 32 heavy (non-hydrogen) atoms. The summed E-state index contributed by atoms with van der Waals surface area (Å²) in [7, 11) is 0. The van der Waals surface area contributed by atoms with Gasteiger partial charge < -0.3 is 25.3 Å². The van der Waals surface area contributed by atoms with Crippen LogP contribution in [0.15, 0.2) is 59.3 Å². The molecule has 3 heterocycles. The largest absolute Gasteiger partial charge is 0.459 e. The highest BCUT2D eigenvalue weighted by Crippen LogP contribution is 2.26. The number of hydrogen-bond acceptors (Lipinski definition) is 5. The van der Waals surface area contributed by atoms with Crippen LogP contribution in [0.4, 0.5) is 22.0 Å². The average Bonchev–Trinajstić information content (AvgIpc) is 3.35. The van der Waals surface area contributed by atoms with Gasteiger partial charge in [-0.3, -0.25) is 4.79 Å². The second kappa shape index (κ2) is 10.2. The monoisotopic (exact) mass is 453 g/mol. The number of pyridine rings is 1. The minimum Gasteiger partial charge on any atom is -0.459 e. The number of halogens is 1. The molecule has 0 saturated carbocycles. The molecule has 0 unspecified atom stereocenters. The van der Waals surface area contributed by atoms with Gasteiger partial charge in [-0.1, -0.05) is 17.7 Å². The molecule has 1 aromatic carbocycles.